The molecule has 0 unspecified atom stereocenters. The summed E-state index contributed by atoms with van der Waals surface area (Å²) < 4.78 is 28.8. The number of rotatable bonds is 8. The van der Waals surface area contributed by atoms with Crippen molar-refractivity contribution in [3.63, 3.8) is 0 Å². The summed E-state index contributed by atoms with van der Waals surface area (Å²) >= 11 is 0. The van der Waals surface area contributed by atoms with Crippen LogP contribution in [0.4, 0.5) is 4.39 Å². The molecule has 30 heavy (non-hydrogen) atoms. The van der Waals surface area contributed by atoms with Gasteiger partial charge in [-0.1, -0.05) is 12.1 Å². The molecule has 0 spiro atoms. The molecule has 6 nitrogen and oxygen atoms in total. The van der Waals surface area contributed by atoms with Crippen molar-refractivity contribution in [3.8, 4) is 17.1 Å². The zero-order chi connectivity index (χ0) is 21.5. The zero-order valence-electron chi connectivity index (χ0n) is 16.7. The van der Waals surface area contributed by atoms with Gasteiger partial charge in [-0.05, 0) is 67.4 Å². The van der Waals surface area contributed by atoms with Crippen LogP contribution in [0.3, 0.4) is 0 Å². The van der Waals surface area contributed by atoms with Crippen LogP contribution in [0.25, 0.3) is 11.3 Å². The highest BCUT2D eigenvalue weighted by atomic mass is 19.1. The van der Waals surface area contributed by atoms with Gasteiger partial charge < -0.3 is 19.2 Å². The smallest absolute Gasteiger partial charge is 0.375 e. The third-order valence-electron chi connectivity index (χ3n) is 4.46. The lowest BCUT2D eigenvalue weighted by atomic mass is 10.1. The third kappa shape index (κ3) is 5.47. The van der Waals surface area contributed by atoms with Crippen molar-refractivity contribution in [2.45, 2.75) is 19.4 Å². The molecule has 0 fully saturated rings. The molecule has 1 aromatic heterocycles. The van der Waals surface area contributed by atoms with Crippen molar-refractivity contribution in [2.24, 2.45) is 0 Å². The minimum absolute atomic E-state index is 0.0350. The monoisotopic (exact) mass is 411 g/mol. The summed E-state index contributed by atoms with van der Waals surface area (Å²) in [5, 5.41) is 2.74. The molecule has 156 valence electrons. The molecule has 1 atom stereocenters. The van der Waals surface area contributed by atoms with Gasteiger partial charge in [0.15, 0.2) is 6.10 Å². The zero-order valence-corrected chi connectivity index (χ0v) is 16.7. The maximum Gasteiger partial charge on any atom is 0.375 e. The Bertz CT molecular complexity index is 995. The quantitative estimate of drug-likeness (QED) is 0.567. The number of nitrogens with one attached hydrogen (secondary N) is 1. The van der Waals surface area contributed by atoms with E-state index in [-0.39, 0.29) is 11.6 Å². The lowest BCUT2D eigenvalue weighted by Crippen LogP contribution is -2.36. The van der Waals surface area contributed by atoms with Crippen LogP contribution in [-0.4, -0.2) is 31.6 Å². The highest BCUT2D eigenvalue weighted by Crippen LogP contribution is 2.23. The normalized spacial score (nSPS) is 11.6. The van der Waals surface area contributed by atoms with E-state index in [4.69, 9.17) is 13.9 Å². The maximum atomic E-state index is 13.0. The molecule has 0 saturated carbocycles. The van der Waals surface area contributed by atoms with Crippen molar-refractivity contribution < 1.29 is 27.9 Å². The van der Waals surface area contributed by atoms with Crippen molar-refractivity contribution in [3.05, 3.63) is 77.8 Å². The van der Waals surface area contributed by atoms with Crippen molar-refractivity contribution >= 4 is 11.9 Å². The first-order valence-corrected chi connectivity index (χ1v) is 9.43. The summed E-state index contributed by atoms with van der Waals surface area (Å²) in [5.41, 5.74) is 1.67. The van der Waals surface area contributed by atoms with Gasteiger partial charge in [-0.2, -0.15) is 0 Å². The fraction of sp³-hybridized carbons (Fsp3) is 0.217. The second-order valence-electron chi connectivity index (χ2n) is 6.61. The summed E-state index contributed by atoms with van der Waals surface area (Å²) in [6, 6.07) is 16.3. The molecule has 1 heterocycles. The Hall–Kier alpha value is -3.61. The number of methoxy groups -OCH3 is 1. The van der Waals surface area contributed by atoms with Gasteiger partial charge in [-0.3, -0.25) is 4.79 Å². The Morgan fingerprint density at radius 1 is 1.03 bits per heavy atom. The van der Waals surface area contributed by atoms with Crippen LogP contribution < -0.4 is 10.1 Å². The number of esters is 1. The molecule has 7 heteroatoms. The molecule has 0 saturated heterocycles. The van der Waals surface area contributed by atoms with Gasteiger partial charge in [-0.25, -0.2) is 9.18 Å². The Labute approximate surface area is 173 Å². The molecule has 0 radical (unpaired) electrons. The molecule has 3 aromatic rings. The van der Waals surface area contributed by atoms with Crippen LogP contribution in [0.15, 0.2) is 65.1 Å². The first-order chi connectivity index (χ1) is 14.5. The molecule has 1 N–H and O–H groups in total. The predicted octanol–water partition coefficient (Wildman–Crippen LogP) is 4.00. The first kappa shape index (κ1) is 21.1. The minimum atomic E-state index is -0.979. The van der Waals surface area contributed by atoms with Crippen molar-refractivity contribution in [2.75, 3.05) is 13.7 Å². The molecule has 2 aromatic carbocycles. The summed E-state index contributed by atoms with van der Waals surface area (Å²) in [5.74, 6) is -0.380. The first-order valence-electron chi connectivity index (χ1n) is 9.43. The van der Waals surface area contributed by atoms with Crippen LogP contribution in [0.5, 0.6) is 5.75 Å². The van der Waals surface area contributed by atoms with Gasteiger partial charge in [0, 0.05) is 12.1 Å². The van der Waals surface area contributed by atoms with E-state index in [1.165, 1.54) is 25.1 Å². The average Bonchev–Trinajstić information content (AvgIpc) is 3.25. The van der Waals surface area contributed by atoms with Crippen LogP contribution in [-0.2, 0) is 16.0 Å². The third-order valence-corrected chi connectivity index (χ3v) is 4.46. The molecule has 0 aliphatic rings. The fourth-order valence-electron chi connectivity index (χ4n) is 2.76. The standard InChI is InChI=1S/C23H22FNO5/c1-15(22(26)25-14-13-16-3-9-19(28-2)10-4-16)29-23(27)21-12-11-20(30-21)17-5-7-18(24)8-6-17/h3-12,15H,13-14H2,1-2H3,(H,25,26)/t15-/m0/s1. The molecule has 1 amide bonds. The fourth-order valence-corrected chi connectivity index (χ4v) is 2.76. The van der Waals surface area contributed by atoms with Gasteiger partial charge in [-0.15, -0.1) is 0 Å². The average molecular weight is 411 g/mol. The summed E-state index contributed by atoms with van der Waals surface area (Å²) in [7, 11) is 1.60. The van der Waals surface area contributed by atoms with E-state index in [0.29, 0.717) is 24.3 Å². The maximum absolute atomic E-state index is 13.0. The van der Waals surface area contributed by atoms with E-state index in [1.807, 2.05) is 24.3 Å². The number of carbonyl (C=O) groups is 2. The minimum Gasteiger partial charge on any atom is -0.497 e. The molecule has 0 aliphatic carbocycles. The Morgan fingerprint density at radius 2 is 1.73 bits per heavy atom. The topological polar surface area (TPSA) is 77.8 Å². The molecular formula is C23H22FNO5. The van der Waals surface area contributed by atoms with Gasteiger partial charge in [0.2, 0.25) is 5.76 Å². The highest BCUT2D eigenvalue weighted by Gasteiger charge is 2.21. The van der Waals surface area contributed by atoms with E-state index < -0.39 is 18.0 Å². The van der Waals surface area contributed by atoms with Gasteiger partial charge in [0.25, 0.3) is 5.91 Å². The predicted molar refractivity (Wildman–Crippen MR) is 109 cm³/mol. The number of hydrogen-bond donors (Lipinski definition) is 1. The van der Waals surface area contributed by atoms with Gasteiger partial charge in [0.05, 0.1) is 7.11 Å². The molecule has 0 aliphatic heterocycles. The number of hydrogen-bond acceptors (Lipinski definition) is 5. The van der Waals surface area contributed by atoms with Crippen LogP contribution in [0, 0.1) is 5.82 Å². The van der Waals surface area contributed by atoms with Gasteiger partial charge in [0.1, 0.15) is 17.3 Å². The van der Waals surface area contributed by atoms with E-state index in [9.17, 15) is 14.0 Å². The van der Waals surface area contributed by atoms with Crippen molar-refractivity contribution in [1.29, 1.82) is 0 Å². The van der Waals surface area contributed by atoms with E-state index >= 15 is 0 Å². The number of amides is 1. The van der Waals surface area contributed by atoms with E-state index in [2.05, 4.69) is 5.32 Å². The Kier molecular flexibility index (Phi) is 6.85. The number of halogens is 1. The second-order valence-corrected chi connectivity index (χ2v) is 6.61. The summed E-state index contributed by atoms with van der Waals surface area (Å²) in [6.45, 7) is 1.90. The SMILES string of the molecule is COc1ccc(CCNC(=O)[C@H](C)OC(=O)c2ccc(-c3ccc(F)cc3)o2)cc1. The van der Waals surface area contributed by atoms with Crippen LogP contribution in [0.1, 0.15) is 23.0 Å². The summed E-state index contributed by atoms with van der Waals surface area (Å²) in [4.78, 5) is 24.4. The van der Waals surface area contributed by atoms with E-state index in [1.54, 1.807) is 25.3 Å². The largest absolute Gasteiger partial charge is 0.497 e. The molecule has 0 bridgehead atoms. The van der Waals surface area contributed by atoms with Crippen LogP contribution in [0.2, 0.25) is 0 Å². The number of benzene rings is 2. The molecule has 3 rings (SSSR count). The lowest BCUT2D eigenvalue weighted by Gasteiger charge is -2.12. The second kappa shape index (κ2) is 9.73. The van der Waals surface area contributed by atoms with Crippen molar-refractivity contribution in [1.82, 2.24) is 5.32 Å². The van der Waals surface area contributed by atoms with Gasteiger partial charge >= 0.3 is 5.97 Å². The highest BCUT2D eigenvalue weighted by molar-refractivity contribution is 5.90. The number of furan rings is 1. The van der Waals surface area contributed by atoms with Crippen LogP contribution >= 0.6 is 0 Å². The Balaban J connectivity index is 1.48. The summed E-state index contributed by atoms with van der Waals surface area (Å²) in [6.07, 6.45) is -0.344. The molecular weight excluding hydrogens is 389 g/mol. The number of carbonyl (C=O) groups excluding carboxylic acids is 2. The lowest BCUT2D eigenvalue weighted by molar-refractivity contribution is -0.129. The van der Waals surface area contributed by atoms with E-state index in [0.717, 1.165) is 11.3 Å². The Morgan fingerprint density at radius 3 is 2.40 bits per heavy atom. The number of ether oxygens (including phenoxy) is 2.